The van der Waals surface area contributed by atoms with Gasteiger partial charge in [0.2, 0.25) is 0 Å². The number of rotatable bonds is 3. The molecule has 2 aromatic rings. The van der Waals surface area contributed by atoms with Gasteiger partial charge in [0.05, 0.1) is 16.2 Å². The Bertz CT molecular complexity index is 867. The first-order valence-electron chi connectivity index (χ1n) is 8.32. The highest BCUT2D eigenvalue weighted by Crippen LogP contribution is 2.22. The van der Waals surface area contributed by atoms with Gasteiger partial charge in [-0.2, -0.15) is 0 Å². The summed E-state index contributed by atoms with van der Waals surface area (Å²) < 4.78 is 0. The van der Waals surface area contributed by atoms with Crippen molar-refractivity contribution < 1.29 is 4.92 Å². The second-order valence-corrected chi connectivity index (χ2v) is 7.48. The molecule has 1 aliphatic rings. The molecule has 1 aromatic carbocycles. The van der Waals surface area contributed by atoms with Crippen molar-refractivity contribution in [3.63, 3.8) is 0 Å². The van der Waals surface area contributed by atoms with E-state index in [9.17, 15) is 14.9 Å². The van der Waals surface area contributed by atoms with Gasteiger partial charge in [-0.15, -0.1) is 0 Å². The van der Waals surface area contributed by atoms with E-state index in [0.29, 0.717) is 30.9 Å². The minimum atomic E-state index is -0.391. The molecule has 1 aliphatic heterocycles. The van der Waals surface area contributed by atoms with E-state index in [1.807, 2.05) is 26.8 Å². The highest BCUT2D eigenvalue weighted by atomic mass is 16.6. The molecule has 7 nitrogen and oxygen atoms in total. The van der Waals surface area contributed by atoms with Gasteiger partial charge in [0, 0.05) is 43.6 Å². The number of nitro benzene ring substituents is 1. The van der Waals surface area contributed by atoms with Crippen LogP contribution >= 0.6 is 0 Å². The van der Waals surface area contributed by atoms with Crippen LogP contribution in [0.2, 0.25) is 0 Å². The number of hydrogen-bond donors (Lipinski definition) is 1. The van der Waals surface area contributed by atoms with Crippen molar-refractivity contribution in [2.75, 3.05) is 6.54 Å². The first-order chi connectivity index (χ1) is 11.7. The topological polar surface area (TPSA) is 92.1 Å². The second kappa shape index (κ2) is 6.40. The molecular weight excluding hydrogens is 320 g/mol. The molecular formula is C18H22N4O3. The Labute approximate surface area is 145 Å². The summed E-state index contributed by atoms with van der Waals surface area (Å²) in [4.78, 5) is 32.6. The summed E-state index contributed by atoms with van der Waals surface area (Å²) in [7, 11) is 0. The zero-order valence-electron chi connectivity index (χ0n) is 14.7. The lowest BCUT2D eigenvalue weighted by Crippen LogP contribution is -2.37. The Morgan fingerprint density at radius 3 is 2.80 bits per heavy atom. The standard InChI is InChI=1S/C18H22N4O3/c1-18(2,3)17-19-15-7-8-21(11-14(15)16(23)20-17)10-12-5-4-6-13(9-12)22(24)25/h4-6,9H,7-8,10-11H2,1-3H3,(H,19,20,23). The molecule has 0 atom stereocenters. The summed E-state index contributed by atoms with van der Waals surface area (Å²) in [5.74, 6) is 0.711. The van der Waals surface area contributed by atoms with Crippen molar-refractivity contribution in [3.8, 4) is 0 Å². The number of nitrogens with zero attached hydrogens (tertiary/aromatic N) is 3. The number of nitro groups is 1. The van der Waals surface area contributed by atoms with Crippen molar-refractivity contribution in [2.45, 2.75) is 45.7 Å². The molecule has 0 bridgehead atoms. The Kier molecular flexibility index (Phi) is 4.43. The molecule has 1 aromatic heterocycles. The zero-order chi connectivity index (χ0) is 18.2. The molecule has 0 aliphatic carbocycles. The third-order valence-corrected chi connectivity index (χ3v) is 4.39. The van der Waals surface area contributed by atoms with E-state index in [0.717, 1.165) is 17.8 Å². The smallest absolute Gasteiger partial charge is 0.269 e. The SMILES string of the molecule is CC(C)(C)c1nc2c(c(=O)[nH]1)CN(Cc1cccc([N+](=O)[O-])c1)CC2. The van der Waals surface area contributed by atoms with E-state index in [4.69, 9.17) is 0 Å². The molecule has 7 heteroatoms. The third-order valence-electron chi connectivity index (χ3n) is 4.39. The Morgan fingerprint density at radius 1 is 1.36 bits per heavy atom. The number of H-pyrrole nitrogens is 1. The quantitative estimate of drug-likeness (QED) is 0.683. The van der Waals surface area contributed by atoms with Crippen LogP contribution in [0.1, 0.15) is 43.4 Å². The van der Waals surface area contributed by atoms with Crippen molar-refractivity contribution in [1.29, 1.82) is 0 Å². The molecule has 0 fully saturated rings. The van der Waals surface area contributed by atoms with Gasteiger partial charge in [-0.3, -0.25) is 19.8 Å². The fourth-order valence-corrected chi connectivity index (χ4v) is 3.00. The fraction of sp³-hybridized carbons (Fsp3) is 0.444. The molecule has 0 unspecified atom stereocenters. The van der Waals surface area contributed by atoms with Gasteiger partial charge in [-0.1, -0.05) is 32.9 Å². The molecule has 0 radical (unpaired) electrons. The minimum Gasteiger partial charge on any atom is -0.310 e. The van der Waals surface area contributed by atoms with Crippen LogP contribution in [0.25, 0.3) is 0 Å². The van der Waals surface area contributed by atoms with Gasteiger partial charge in [-0.25, -0.2) is 4.98 Å². The maximum absolute atomic E-state index is 12.5. The summed E-state index contributed by atoms with van der Waals surface area (Å²) in [5, 5.41) is 10.9. The molecule has 25 heavy (non-hydrogen) atoms. The van der Waals surface area contributed by atoms with E-state index in [2.05, 4.69) is 14.9 Å². The van der Waals surface area contributed by atoms with Gasteiger partial charge in [-0.05, 0) is 5.56 Å². The lowest BCUT2D eigenvalue weighted by Gasteiger charge is -2.28. The Hall–Kier alpha value is -2.54. The van der Waals surface area contributed by atoms with Crippen LogP contribution in [0.3, 0.4) is 0 Å². The first-order valence-corrected chi connectivity index (χ1v) is 8.32. The molecule has 0 saturated heterocycles. The van der Waals surface area contributed by atoms with Gasteiger partial charge in [0.1, 0.15) is 5.82 Å². The molecule has 0 amide bonds. The lowest BCUT2D eigenvalue weighted by atomic mass is 9.95. The average Bonchev–Trinajstić information content (AvgIpc) is 2.54. The molecule has 0 saturated carbocycles. The van der Waals surface area contributed by atoms with Crippen LogP contribution in [-0.2, 0) is 24.9 Å². The largest absolute Gasteiger partial charge is 0.310 e. The lowest BCUT2D eigenvalue weighted by molar-refractivity contribution is -0.384. The highest BCUT2D eigenvalue weighted by Gasteiger charge is 2.25. The predicted octanol–water partition coefficient (Wildman–Crippen LogP) is 2.53. The monoisotopic (exact) mass is 342 g/mol. The molecule has 2 heterocycles. The number of hydrogen-bond acceptors (Lipinski definition) is 5. The van der Waals surface area contributed by atoms with E-state index < -0.39 is 4.92 Å². The van der Waals surface area contributed by atoms with Crippen molar-refractivity contribution in [3.05, 3.63) is 67.4 Å². The van der Waals surface area contributed by atoms with Gasteiger partial charge in [0.15, 0.2) is 0 Å². The van der Waals surface area contributed by atoms with Crippen LogP contribution < -0.4 is 5.56 Å². The van der Waals surface area contributed by atoms with E-state index in [1.54, 1.807) is 12.1 Å². The number of benzene rings is 1. The summed E-state index contributed by atoms with van der Waals surface area (Å²) in [6.07, 6.45) is 0.706. The van der Waals surface area contributed by atoms with Crippen molar-refractivity contribution >= 4 is 5.69 Å². The molecule has 3 rings (SSSR count). The zero-order valence-corrected chi connectivity index (χ0v) is 14.7. The highest BCUT2D eigenvalue weighted by molar-refractivity contribution is 5.34. The van der Waals surface area contributed by atoms with E-state index in [1.165, 1.54) is 6.07 Å². The van der Waals surface area contributed by atoms with Crippen molar-refractivity contribution in [1.82, 2.24) is 14.9 Å². The van der Waals surface area contributed by atoms with E-state index in [-0.39, 0.29) is 16.7 Å². The van der Waals surface area contributed by atoms with Crippen LogP contribution in [0.5, 0.6) is 0 Å². The summed E-state index contributed by atoms with van der Waals surface area (Å²) in [6, 6.07) is 6.63. The third kappa shape index (κ3) is 3.76. The summed E-state index contributed by atoms with van der Waals surface area (Å²) in [6.45, 7) is 7.92. The van der Waals surface area contributed by atoms with Crippen LogP contribution in [0, 0.1) is 10.1 Å². The normalized spacial score (nSPS) is 15.0. The predicted molar refractivity (Wildman–Crippen MR) is 94.5 cm³/mol. The van der Waals surface area contributed by atoms with Gasteiger partial charge >= 0.3 is 0 Å². The maximum Gasteiger partial charge on any atom is 0.269 e. The van der Waals surface area contributed by atoms with Gasteiger partial charge < -0.3 is 4.98 Å². The Balaban J connectivity index is 1.81. The van der Waals surface area contributed by atoms with E-state index >= 15 is 0 Å². The number of nitrogens with one attached hydrogen (secondary N) is 1. The maximum atomic E-state index is 12.5. The molecule has 1 N–H and O–H groups in total. The number of aromatic amines is 1. The second-order valence-electron chi connectivity index (χ2n) is 7.48. The van der Waals surface area contributed by atoms with Crippen molar-refractivity contribution in [2.24, 2.45) is 0 Å². The van der Waals surface area contributed by atoms with Crippen LogP contribution in [0.4, 0.5) is 5.69 Å². The molecule has 0 spiro atoms. The number of fused-ring (bicyclic) bond motifs is 1. The first kappa shape index (κ1) is 17.3. The summed E-state index contributed by atoms with van der Waals surface area (Å²) >= 11 is 0. The minimum absolute atomic E-state index is 0.0846. The van der Waals surface area contributed by atoms with Crippen LogP contribution in [0.15, 0.2) is 29.1 Å². The fourth-order valence-electron chi connectivity index (χ4n) is 3.00. The Morgan fingerprint density at radius 2 is 2.12 bits per heavy atom. The number of non-ortho nitro benzene ring substituents is 1. The molecule has 132 valence electrons. The summed E-state index contributed by atoms with van der Waals surface area (Å²) in [5.41, 5.74) is 2.23. The van der Waals surface area contributed by atoms with Gasteiger partial charge in [0.25, 0.3) is 11.2 Å². The van der Waals surface area contributed by atoms with Crippen LogP contribution in [-0.4, -0.2) is 26.3 Å². The number of aromatic nitrogens is 2. The average molecular weight is 342 g/mol.